The zero-order valence-electron chi connectivity index (χ0n) is 15.1. The van der Waals surface area contributed by atoms with Gasteiger partial charge in [-0.1, -0.05) is 42.5 Å². The number of nitrogens with zero attached hydrogens (tertiary/aromatic N) is 2. The Morgan fingerprint density at radius 2 is 1.93 bits per heavy atom. The van der Waals surface area contributed by atoms with Gasteiger partial charge in [0.2, 0.25) is 10.0 Å². The summed E-state index contributed by atoms with van der Waals surface area (Å²) >= 11 is 0. The molecule has 0 bridgehead atoms. The van der Waals surface area contributed by atoms with Gasteiger partial charge in [-0.3, -0.25) is 4.98 Å². The van der Waals surface area contributed by atoms with Crippen molar-refractivity contribution < 1.29 is 8.42 Å². The van der Waals surface area contributed by atoms with E-state index in [0.29, 0.717) is 18.0 Å². The molecule has 1 N–H and O–H groups in total. The number of nitrogens with one attached hydrogen (secondary N) is 1. The second-order valence-electron chi connectivity index (χ2n) is 6.91. The minimum absolute atomic E-state index is 0.0984. The van der Waals surface area contributed by atoms with E-state index in [1.807, 2.05) is 24.3 Å². The molecule has 0 radical (unpaired) electrons. The predicted molar refractivity (Wildman–Crippen MR) is 107 cm³/mol. The Hall–Kier alpha value is -2.28. The van der Waals surface area contributed by atoms with Crippen molar-refractivity contribution in [3.63, 3.8) is 0 Å². The fourth-order valence-electron chi connectivity index (χ4n) is 3.67. The van der Waals surface area contributed by atoms with Crippen LogP contribution in [0.2, 0.25) is 0 Å². The summed E-state index contributed by atoms with van der Waals surface area (Å²) in [6.07, 6.45) is 4.96. The largest absolute Gasteiger partial charge is 0.312 e. The molecule has 1 aliphatic rings. The average molecular weight is 382 g/mol. The van der Waals surface area contributed by atoms with Crippen LogP contribution in [0.1, 0.15) is 12.0 Å². The molecule has 1 aliphatic heterocycles. The minimum atomic E-state index is -3.57. The Morgan fingerprint density at radius 1 is 1.07 bits per heavy atom. The number of hydrogen-bond acceptors (Lipinski definition) is 4. The van der Waals surface area contributed by atoms with E-state index in [9.17, 15) is 8.42 Å². The third-order valence-electron chi connectivity index (χ3n) is 5.02. The Kier molecular flexibility index (Phi) is 5.20. The lowest BCUT2D eigenvalue weighted by Gasteiger charge is -2.25. The molecule has 3 aromatic rings. The quantitative estimate of drug-likeness (QED) is 0.755. The van der Waals surface area contributed by atoms with Gasteiger partial charge >= 0.3 is 0 Å². The van der Waals surface area contributed by atoms with E-state index in [4.69, 9.17) is 0 Å². The first-order valence-electron chi connectivity index (χ1n) is 9.25. The van der Waals surface area contributed by atoms with E-state index in [2.05, 4.69) is 22.4 Å². The highest BCUT2D eigenvalue weighted by Gasteiger charge is 2.30. The van der Waals surface area contributed by atoms with E-state index in [-0.39, 0.29) is 6.04 Å². The van der Waals surface area contributed by atoms with Gasteiger partial charge in [0.25, 0.3) is 0 Å². The molecule has 6 heteroatoms. The maximum atomic E-state index is 13.4. The highest BCUT2D eigenvalue weighted by molar-refractivity contribution is 7.89. The van der Waals surface area contributed by atoms with E-state index in [0.717, 1.165) is 30.2 Å². The first kappa shape index (κ1) is 18.1. The van der Waals surface area contributed by atoms with Gasteiger partial charge in [0.1, 0.15) is 0 Å². The molecule has 1 fully saturated rings. The summed E-state index contributed by atoms with van der Waals surface area (Å²) in [4.78, 5) is 4.47. The molecular formula is C21H23N3O2S. The van der Waals surface area contributed by atoms with Gasteiger partial charge < -0.3 is 5.32 Å². The third-order valence-corrected chi connectivity index (χ3v) is 6.95. The molecule has 1 unspecified atom stereocenters. The normalized spacial score (nSPS) is 19.0. The molecule has 0 saturated carbocycles. The van der Waals surface area contributed by atoms with Crippen LogP contribution in [0.4, 0.5) is 0 Å². The van der Waals surface area contributed by atoms with Gasteiger partial charge in [-0.2, -0.15) is 4.31 Å². The predicted octanol–water partition coefficient (Wildman–Crippen LogP) is 2.83. The molecule has 2 aromatic carbocycles. The van der Waals surface area contributed by atoms with Crippen molar-refractivity contribution in [1.82, 2.24) is 14.6 Å². The van der Waals surface area contributed by atoms with Crippen molar-refractivity contribution in [2.75, 3.05) is 19.6 Å². The third kappa shape index (κ3) is 3.88. The van der Waals surface area contributed by atoms with Gasteiger partial charge in [0, 0.05) is 42.3 Å². The van der Waals surface area contributed by atoms with Crippen molar-refractivity contribution in [3.05, 3.63) is 72.6 Å². The van der Waals surface area contributed by atoms with Crippen LogP contribution in [0.5, 0.6) is 0 Å². The maximum absolute atomic E-state index is 13.4. The van der Waals surface area contributed by atoms with Crippen LogP contribution < -0.4 is 5.32 Å². The van der Waals surface area contributed by atoms with E-state index in [1.54, 1.807) is 34.9 Å². The van der Waals surface area contributed by atoms with Crippen LogP contribution in [-0.2, 0) is 16.4 Å². The number of sulfonamides is 1. The van der Waals surface area contributed by atoms with Crippen molar-refractivity contribution in [2.24, 2.45) is 0 Å². The number of rotatable bonds is 4. The molecule has 4 rings (SSSR count). The zero-order chi connectivity index (χ0) is 18.7. The maximum Gasteiger partial charge on any atom is 0.243 e. The highest BCUT2D eigenvalue weighted by Crippen LogP contribution is 2.26. The summed E-state index contributed by atoms with van der Waals surface area (Å²) in [5.41, 5.74) is 1.21. The number of pyridine rings is 1. The summed E-state index contributed by atoms with van der Waals surface area (Å²) < 4.78 is 28.5. The molecule has 1 saturated heterocycles. The first-order chi connectivity index (χ1) is 13.1. The van der Waals surface area contributed by atoms with Gasteiger partial charge in [-0.15, -0.1) is 0 Å². The van der Waals surface area contributed by atoms with Gasteiger partial charge in [0.15, 0.2) is 0 Å². The van der Waals surface area contributed by atoms with Gasteiger partial charge in [-0.05, 0) is 37.1 Å². The molecule has 0 aliphatic carbocycles. The zero-order valence-corrected chi connectivity index (χ0v) is 15.9. The molecule has 1 atom stereocenters. The number of fused-ring (bicyclic) bond motifs is 1. The van der Waals surface area contributed by atoms with E-state index in [1.165, 1.54) is 5.56 Å². The molecular weight excluding hydrogens is 358 g/mol. The fraction of sp³-hybridized carbons (Fsp3) is 0.286. The summed E-state index contributed by atoms with van der Waals surface area (Å²) in [6, 6.07) is 17.5. The van der Waals surface area contributed by atoms with Crippen LogP contribution in [0.3, 0.4) is 0 Å². The SMILES string of the molecule is O=S(=O)(c1cccc2cnccc12)N1CCCNC(Cc2ccccc2)C1. The van der Waals surface area contributed by atoms with Crippen molar-refractivity contribution in [3.8, 4) is 0 Å². The Labute approximate surface area is 160 Å². The van der Waals surface area contributed by atoms with Crippen molar-refractivity contribution >= 4 is 20.8 Å². The van der Waals surface area contributed by atoms with Crippen molar-refractivity contribution in [2.45, 2.75) is 23.8 Å². The van der Waals surface area contributed by atoms with Crippen LogP contribution in [0, 0.1) is 0 Å². The lowest BCUT2D eigenvalue weighted by molar-refractivity contribution is 0.392. The average Bonchev–Trinajstić information content (AvgIpc) is 2.94. The van der Waals surface area contributed by atoms with Crippen LogP contribution in [0.15, 0.2) is 71.9 Å². The molecule has 0 amide bonds. The molecule has 1 aromatic heterocycles. The molecule has 5 nitrogen and oxygen atoms in total. The Bertz CT molecular complexity index is 1020. The summed E-state index contributed by atoms with van der Waals surface area (Å²) in [5, 5.41) is 5.07. The fourth-order valence-corrected chi connectivity index (χ4v) is 5.41. The standard InChI is InChI=1S/C21H23N3O2S/c25-27(26,21-9-4-8-18-15-22-12-10-20(18)21)24-13-5-11-23-19(16-24)14-17-6-2-1-3-7-17/h1-4,6-10,12,15,19,23H,5,11,13-14,16H2. The van der Waals surface area contributed by atoms with Crippen LogP contribution in [-0.4, -0.2) is 43.4 Å². The second kappa shape index (κ2) is 7.76. The summed E-state index contributed by atoms with van der Waals surface area (Å²) in [6.45, 7) is 1.82. The van der Waals surface area contributed by atoms with E-state index < -0.39 is 10.0 Å². The topological polar surface area (TPSA) is 62.3 Å². The van der Waals surface area contributed by atoms with Gasteiger partial charge in [0.05, 0.1) is 4.90 Å². The Morgan fingerprint density at radius 3 is 2.78 bits per heavy atom. The first-order valence-corrected chi connectivity index (χ1v) is 10.7. The number of hydrogen-bond donors (Lipinski definition) is 1. The summed E-state index contributed by atoms with van der Waals surface area (Å²) in [5.74, 6) is 0. The summed E-state index contributed by atoms with van der Waals surface area (Å²) in [7, 11) is -3.57. The second-order valence-corrected chi connectivity index (χ2v) is 8.82. The molecule has 0 spiro atoms. The number of aromatic nitrogens is 1. The molecule has 2 heterocycles. The van der Waals surface area contributed by atoms with Gasteiger partial charge in [-0.25, -0.2) is 8.42 Å². The highest BCUT2D eigenvalue weighted by atomic mass is 32.2. The Balaban J connectivity index is 1.63. The van der Waals surface area contributed by atoms with Crippen LogP contribution >= 0.6 is 0 Å². The lowest BCUT2D eigenvalue weighted by Crippen LogP contribution is -2.41. The smallest absolute Gasteiger partial charge is 0.243 e. The van der Waals surface area contributed by atoms with E-state index >= 15 is 0 Å². The van der Waals surface area contributed by atoms with Crippen molar-refractivity contribution in [1.29, 1.82) is 0 Å². The molecule has 27 heavy (non-hydrogen) atoms. The number of benzene rings is 2. The lowest BCUT2D eigenvalue weighted by atomic mass is 10.1. The van der Waals surface area contributed by atoms with Crippen LogP contribution in [0.25, 0.3) is 10.8 Å². The molecule has 140 valence electrons. The monoisotopic (exact) mass is 381 g/mol. The minimum Gasteiger partial charge on any atom is -0.312 e.